The molecule has 23 heavy (non-hydrogen) atoms. The Balaban J connectivity index is 2.65. The van der Waals surface area contributed by atoms with Crippen LogP contribution in [0.2, 0.25) is 0 Å². The van der Waals surface area contributed by atoms with E-state index in [1.807, 2.05) is 12.1 Å². The molecule has 5 nitrogen and oxygen atoms in total. The van der Waals surface area contributed by atoms with Crippen LogP contribution in [0.3, 0.4) is 0 Å². The highest BCUT2D eigenvalue weighted by molar-refractivity contribution is 7.92. The van der Waals surface area contributed by atoms with Gasteiger partial charge < -0.3 is 5.11 Å². The minimum Gasteiger partial charge on any atom is -0.507 e. The topological polar surface area (TPSA) is 102 Å². The molecule has 0 aliphatic rings. The van der Waals surface area contributed by atoms with Gasteiger partial charge in [-0.2, -0.15) is 10.5 Å². The standard InChI is InChI=1S/C17H14N2O3S/c1-11(2)23(21,22)14-6-3-12(4-7-14)17-13(9-18)5-8-16(20)15(17)10-19/h3-8,11,20H,1-2H3. The Morgan fingerprint density at radius 1 is 1.00 bits per heavy atom. The van der Waals surface area contributed by atoms with Crippen molar-refractivity contribution in [3.8, 4) is 29.0 Å². The molecule has 0 amide bonds. The van der Waals surface area contributed by atoms with E-state index in [0.29, 0.717) is 11.1 Å². The summed E-state index contributed by atoms with van der Waals surface area (Å²) >= 11 is 0. The van der Waals surface area contributed by atoms with Crippen LogP contribution in [0.5, 0.6) is 5.75 Å². The highest BCUT2D eigenvalue weighted by Crippen LogP contribution is 2.33. The van der Waals surface area contributed by atoms with E-state index in [1.54, 1.807) is 13.8 Å². The Bertz CT molecular complexity index is 932. The van der Waals surface area contributed by atoms with Crippen molar-refractivity contribution in [2.45, 2.75) is 24.0 Å². The Morgan fingerprint density at radius 2 is 1.61 bits per heavy atom. The summed E-state index contributed by atoms with van der Waals surface area (Å²) in [6.07, 6.45) is 0. The van der Waals surface area contributed by atoms with Gasteiger partial charge in [0.15, 0.2) is 9.84 Å². The first-order valence-corrected chi connectivity index (χ1v) is 8.38. The quantitative estimate of drug-likeness (QED) is 0.934. The number of sulfone groups is 1. The average molecular weight is 326 g/mol. The molecule has 6 heteroatoms. The van der Waals surface area contributed by atoms with Gasteiger partial charge in [-0.15, -0.1) is 0 Å². The number of hydrogen-bond acceptors (Lipinski definition) is 5. The van der Waals surface area contributed by atoms with Crippen LogP contribution in [-0.4, -0.2) is 18.8 Å². The number of rotatable bonds is 3. The number of nitrogens with zero attached hydrogens (tertiary/aromatic N) is 2. The van der Waals surface area contributed by atoms with Crippen molar-refractivity contribution in [1.29, 1.82) is 10.5 Å². The predicted octanol–water partition coefficient (Wildman–Crippen LogP) is 2.98. The molecule has 0 saturated carbocycles. The summed E-state index contributed by atoms with van der Waals surface area (Å²) in [6, 6.07) is 12.5. The molecule has 0 unspecified atom stereocenters. The fourth-order valence-corrected chi connectivity index (χ4v) is 3.24. The van der Waals surface area contributed by atoms with E-state index in [0.717, 1.165) is 0 Å². The van der Waals surface area contributed by atoms with Crippen LogP contribution >= 0.6 is 0 Å². The fourth-order valence-electron chi connectivity index (χ4n) is 2.18. The molecular formula is C17H14N2O3S. The van der Waals surface area contributed by atoms with Gasteiger partial charge in [-0.25, -0.2) is 8.42 Å². The van der Waals surface area contributed by atoms with Crippen LogP contribution in [0.25, 0.3) is 11.1 Å². The van der Waals surface area contributed by atoms with Gasteiger partial charge in [-0.3, -0.25) is 0 Å². The number of hydrogen-bond donors (Lipinski definition) is 1. The maximum Gasteiger partial charge on any atom is 0.180 e. The summed E-state index contributed by atoms with van der Waals surface area (Å²) in [5.41, 5.74) is 1.02. The Labute approximate surface area is 135 Å². The molecule has 0 atom stereocenters. The van der Waals surface area contributed by atoms with Gasteiger partial charge in [0, 0.05) is 5.56 Å². The molecule has 0 aromatic heterocycles. The summed E-state index contributed by atoms with van der Waals surface area (Å²) in [5, 5.41) is 27.7. The lowest BCUT2D eigenvalue weighted by molar-refractivity contribution is 0.474. The molecule has 0 radical (unpaired) electrons. The summed E-state index contributed by atoms with van der Waals surface area (Å²) in [4.78, 5) is 0.174. The van der Waals surface area contributed by atoms with E-state index in [1.165, 1.54) is 36.4 Å². The minimum atomic E-state index is -3.39. The van der Waals surface area contributed by atoms with Gasteiger partial charge in [0.25, 0.3) is 0 Å². The molecule has 0 bridgehead atoms. The van der Waals surface area contributed by atoms with Crippen molar-refractivity contribution >= 4 is 9.84 Å². The monoisotopic (exact) mass is 326 g/mol. The molecule has 0 heterocycles. The number of phenolic OH excluding ortho intramolecular Hbond substituents is 1. The number of aromatic hydroxyl groups is 1. The molecule has 2 aromatic carbocycles. The highest BCUT2D eigenvalue weighted by atomic mass is 32.2. The third kappa shape index (κ3) is 2.90. The van der Waals surface area contributed by atoms with Crippen LogP contribution in [0.4, 0.5) is 0 Å². The molecule has 0 aliphatic heterocycles. The first kappa shape index (κ1) is 16.5. The summed E-state index contributed by atoms with van der Waals surface area (Å²) in [7, 11) is -3.39. The second kappa shape index (κ2) is 6.12. The van der Waals surface area contributed by atoms with Crippen molar-refractivity contribution in [2.24, 2.45) is 0 Å². The second-order valence-electron chi connectivity index (χ2n) is 5.22. The van der Waals surface area contributed by atoms with Crippen molar-refractivity contribution < 1.29 is 13.5 Å². The van der Waals surface area contributed by atoms with E-state index in [2.05, 4.69) is 0 Å². The molecular weight excluding hydrogens is 312 g/mol. The number of benzene rings is 2. The number of nitriles is 2. The van der Waals surface area contributed by atoms with E-state index >= 15 is 0 Å². The Hall–Kier alpha value is -2.83. The highest BCUT2D eigenvalue weighted by Gasteiger charge is 2.20. The van der Waals surface area contributed by atoms with Gasteiger partial charge in [0.05, 0.1) is 21.8 Å². The zero-order chi connectivity index (χ0) is 17.2. The van der Waals surface area contributed by atoms with Crippen LogP contribution in [-0.2, 0) is 9.84 Å². The van der Waals surface area contributed by atoms with E-state index in [9.17, 15) is 24.0 Å². The lowest BCUT2D eigenvalue weighted by Gasteiger charge is -2.11. The number of phenols is 1. The first-order valence-electron chi connectivity index (χ1n) is 6.83. The van der Waals surface area contributed by atoms with Gasteiger partial charge >= 0.3 is 0 Å². The van der Waals surface area contributed by atoms with Gasteiger partial charge in [-0.1, -0.05) is 12.1 Å². The smallest absolute Gasteiger partial charge is 0.180 e. The zero-order valence-electron chi connectivity index (χ0n) is 12.6. The summed E-state index contributed by atoms with van der Waals surface area (Å²) in [5.74, 6) is -0.222. The van der Waals surface area contributed by atoms with Crippen molar-refractivity contribution in [2.75, 3.05) is 0 Å². The predicted molar refractivity (Wildman–Crippen MR) is 85.3 cm³/mol. The maximum atomic E-state index is 12.1. The molecule has 0 fully saturated rings. The van der Waals surface area contributed by atoms with Crippen LogP contribution in [0.1, 0.15) is 25.0 Å². The van der Waals surface area contributed by atoms with Crippen molar-refractivity contribution in [3.63, 3.8) is 0 Å². The van der Waals surface area contributed by atoms with Crippen LogP contribution in [0, 0.1) is 22.7 Å². The zero-order valence-corrected chi connectivity index (χ0v) is 13.4. The van der Waals surface area contributed by atoms with E-state index < -0.39 is 15.1 Å². The molecule has 1 N–H and O–H groups in total. The first-order chi connectivity index (χ1) is 10.8. The normalized spacial score (nSPS) is 11.0. The van der Waals surface area contributed by atoms with Crippen LogP contribution < -0.4 is 0 Å². The van der Waals surface area contributed by atoms with Crippen molar-refractivity contribution in [1.82, 2.24) is 0 Å². The van der Waals surface area contributed by atoms with Crippen LogP contribution in [0.15, 0.2) is 41.3 Å². The molecule has 116 valence electrons. The third-order valence-electron chi connectivity index (χ3n) is 3.51. The van der Waals surface area contributed by atoms with E-state index in [4.69, 9.17) is 0 Å². The fraction of sp³-hybridized carbons (Fsp3) is 0.176. The van der Waals surface area contributed by atoms with E-state index in [-0.39, 0.29) is 21.8 Å². The lowest BCUT2D eigenvalue weighted by atomic mass is 9.95. The van der Waals surface area contributed by atoms with Gasteiger partial charge in [0.2, 0.25) is 0 Å². The molecule has 0 saturated heterocycles. The SMILES string of the molecule is CC(C)S(=O)(=O)c1ccc(-c2c(C#N)ccc(O)c2C#N)cc1. The third-order valence-corrected chi connectivity index (χ3v) is 5.68. The Kier molecular flexibility index (Phi) is 4.40. The molecule has 0 spiro atoms. The minimum absolute atomic E-state index is 0.0106. The summed E-state index contributed by atoms with van der Waals surface area (Å²) < 4.78 is 24.3. The molecule has 2 aromatic rings. The molecule has 0 aliphatic carbocycles. The van der Waals surface area contributed by atoms with Crippen molar-refractivity contribution in [3.05, 3.63) is 47.5 Å². The van der Waals surface area contributed by atoms with Gasteiger partial charge in [0.1, 0.15) is 17.4 Å². The summed E-state index contributed by atoms with van der Waals surface area (Å²) in [6.45, 7) is 3.19. The Morgan fingerprint density at radius 3 is 2.09 bits per heavy atom. The maximum absolute atomic E-state index is 12.1. The lowest BCUT2D eigenvalue weighted by Crippen LogP contribution is -2.13. The second-order valence-corrected chi connectivity index (χ2v) is 7.73. The average Bonchev–Trinajstić information content (AvgIpc) is 2.54. The molecule has 2 rings (SSSR count). The largest absolute Gasteiger partial charge is 0.507 e. The van der Waals surface area contributed by atoms with Gasteiger partial charge in [-0.05, 0) is 43.7 Å².